The lowest BCUT2D eigenvalue weighted by atomic mass is 10.1. The van der Waals surface area contributed by atoms with Gasteiger partial charge in [0.05, 0.1) is 5.56 Å². The molecule has 1 aromatic heterocycles. The summed E-state index contributed by atoms with van der Waals surface area (Å²) < 4.78 is 38.4. The van der Waals surface area contributed by atoms with Crippen LogP contribution in [-0.4, -0.2) is 16.8 Å². The molecule has 0 unspecified atom stereocenters. The van der Waals surface area contributed by atoms with E-state index in [4.69, 9.17) is 0 Å². The maximum absolute atomic E-state index is 12.8. The molecule has 0 aliphatic rings. The van der Waals surface area contributed by atoms with Crippen LogP contribution in [0.4, 0.5) is 24.5 Å². The van der Waals surface area contributed by atoms with Crippen molar-refractivity contribution in [1.82, 2.24) is 4.98 Å². The van der Waals surface area contributed by atoms with E-state index in [9.17, 15) is 22.8 Å². The summed E-state index contributed by atoms with van der Waals surface area (Å²) in [5, 5.41) is 5.04. The molecule has 142 valence electrons. The first-order chi connectivity index (χ1) is 13.3. The lowest BCUT2D eigenvalue weighted by Crippen LogP contribution is -2.15. The molecule has 3 aromatic rings. The summed E-state index contributed by atoms with van der Waals surface area (Å²) in [5.74, 6) is -1.05. The molecular weight excluding hydrogens is 371 g/mol. The van der Waals surface area contributed by atoms with Crippen LogP contribution in [0.1, 0.15) is 26.4 Å². The second-order valence-corrected chi connectivity index (χ2v) is 5.78. The average molecular weight is 385 g/mol. The highest BCUT2D eigenvalue weighted by molar-refractivity contribution is 6.06. The van der Waals surface area contributed by atoms with Gasteiger partial charge >= 0.3 is 6.18 Å². The van der Waals surface area contributed by atoms with Crippen LogP contribution in [0.5, 0.6) is 0 Å². The number of aromatic nitrogens is 1. The minimum Gasteiger partial charge on any atom is -0.322 e. The van der Waals surface area contributed by atoms with Crippen molar-refractivity contribution in [2.45, 2.75) is 6.18 Å². The number of halogens is 3. The molecule has 5 nitrogen and oxygen atoms in total. The van der Waals surface area contributed by atoms with Crippen molar-refractivity contribution in [3.05, 3.63) is 89.7 Å². The summed E-state index contributed by atoms with van der Waals surface area (Å²) >= 11 is 0. The minimum atomic E-state index is -4.50. The maximum atomic E-state index is 12.8. The summed E-state index contributed by atoms with van der Waals surface area (Å²) in [4.78, 5) is 28.4. The molecule has 0 saturated heterocycles. The third-order valence-electron chi connectivity index (χ3n) is 3.73. The van der Waals surface area contributed by atoms with E-state index in [1.807, 2.05) is 0 Å². The zero-order valence-corrected chi connectivity index (χ0v) is 14.3. The Balaban J connectivity index is 1.73. The molecule has 0 radical (unpaired) electrons. The Morgan fingerprint density at radius 3 is 2.14 bits per heavy atom. The van der Waals surface area contributed by atoms with Gasteiger partial charge in [0.25, 0.3) is 11.8 Å². The summed E-state index contributed by atoms with van der Waals surface area (Å²) in [6.07, 6.45) is -3.02. The van der Waals surface area contributed by atoms with Crippen LogP contribution >= 0.6 is 0 Å². The number of pyridine rings is 1. The topological polar surface area (TPSA) is 71.1 Å². The number of nitrogens with one attached hydrogen (secondary N) is 2. The molecule has 0 spiro atoms. The van der Waals surface area contributed by atoms with Gasteiger partial charge in [-0.1, -0.05) is 18.2 Å². The largest absolute Gasteiger partial charge is 0.416 e. The first-order valence-corrected chi connectivity index (χ1v) is 8.14. The molecule has 0 fully saturated rings. The Hall–Kier alpha value is -3.68. The number of hydrogen-bond donors (Lipinski definition) is 2. The predicted octanol–water partition coefficient (Wildman–Crippen LogP) is 4.61. The monoisotopic (exact) mass is 385 g/mol. The fourth-order valence-corrected chi connectivity index (χ4v) is 2.41. The smallest absolute Gasteiger partial charge is 0.322 e. The Morgan fingerprint density at radius 2 is 1.46 bits per heavy atom. The van der Waals surface area contributed by atoms with E-state index in [-0.39, 0.29) is 16.9 Å². The van der Waals surface area contributed by atoms with E-state index in [1.165, 1.54) is 30.5 Å². The van der Waals surface area contributed by atoms with Crippen molar-refractivity contribution in [2.24, 2.45) is 0 Å². The van der Waals surface area contributed by atoms with Gasteiger partial charge in [0.15, 0.2) is 0 Å². The lowest BCUT2D eigenvalue weighted by molar-refractivity contribution is -0.137. The number of alkyl halides is 3. The van der Waals surface area contributed by atoms with Crippen molar-refractivity contribution in [3.8, 4) is 0 Å². The number of anilines is 2. The molecule has 3 rings (SSSR count). The van der Waals surface area contributed by atoms with Crippen LogP contribution in [0.15, 0.2) is 72.9 Å². The number of hydrogen-bond acceptors (Lipinski definition) is 3. The van der Waals surface area contributed by atoms with Gasteiger partial charge in [-0.05, 0) is 48.5 Å². The fourth-order valence-electron chi connectivity index (χ4n) is 2.41. The van der Waals surface area contributed by atoms with Gasteiger partial charge in [-0.3, -0.25) is 14.6 Å². The molecule has 28 heavy (non-hydrogen) atoms. The number of carbonyl (C=O) groups is 2. The first-order valence-electron chi connectivity index (χ1n) is 8.14. The van der Waals surface area contributed by atoms with E-state index in [2.05, 4.69) is 15.6 Å². The number of carbonyl (C=O) groups excluding carboxylic acids is 2. The van der Waals surface area contributed by atoms with Crippen LogP contribution in [0.3, 0.4) is 0 Å². The number of nitrogens with zero attached hydrogens (tertiary/aromatic N) is 1. The Morgan fingerprint density at radius 1 is 0.786 bits per heavy atom. The molecule has 0 saturated carbocycles. The quantitative estimate of drug-likeness (QED) is 0.689. The van der Waals surface area contributed by atoms with Gasteiger partial charge in [-0.15, -0.1) is 0 Å². The maximum Gasteiger partial charge on any atom is 0.416 e. The number of rotatable bonds is 4. The van der Waals surface area contributed by atoms with Crippen LogP contribution in [0.2, 0.25) is 0 Å². The normalized spacial score (nSPS) is 11.0. The second kappa shape index (κ2) is 7.91. The molecular formula is C20H14F3N3O2. The van der Waals surface area contributed by atoms with Crippen molar-refractivity contribution >= 4 is 23.2 Å². The van der Waals surface area contributed by atoms with Gasteiger partial charge < -0.3 is 10.6 Å². The molecule has 0 aliphatic carbocycles. The van der Waals surface area contributed by atoms with Gasteiger partial charge in [0.2, 0.25) is 0 Å². The number of benzene rings is 2. The van der Waals surface area contributed by atoms with Gasteiger partial charge in [-0.2, -0.15) is 13.2 Å². The summed E-state index contributed by atoms with van der Waals surface area (Å²) in [6, 6.07) is 15.3. The zero-order chi connectivity index (χ0) is 20.1. The summed E-state index contributed by atoms with van der Waals surface area (Å²) in [7, 11) is 0. The minimum absolute atomic E-state index is 0.0164. The van der Waals surface area contributed by atoms with Gasteiger partial charge in [-0.25, -0.2) is 0 Å². The Labute approximate surface area is 158 Å². The van der Waals surface area contributed by atoms with E-state index in [0.717, 1.165) is 12.1 Å². The number of amides is 2. The van der Waals surface area contributed by atoms with Crippen molar-refractivity contribution in [3.63, 3.8) is 0 Å². The molecule has 0 aliphatic heterocycles. The van der Waals surface area contributed by atoms with E-state index in [1.54, 1.807) is 30.3 Å². The molecule has 2 amide bonds. The summed E-state index contributed by atoms with van der Waals surface area (Å²) in [6.45, 7) is 0. The highest BCUT2D eigenvalue weighted by atomic mass is 19.4. The molecule has 0 atom stereocenters. The molecule has 0 bridgehead atoms. The van der Waals surface area contributed by atoms with Crippen LogP contribution in [-0.2, 0) is 6.18 Å². The van der Waals surface area contributed by atoms with Gasteiger partial charge in [0, 0.05) is 23.1 Å². The lowest BCUT2D eigenvalue weighted by Gasteiger charge is -2.11. The van der Waals surface area contributed by atoms with Crippen LogP contribution < -0.4 is 10.6 Å². The van der Waals surface area contributed by atoms with E-state index in [0.29, 0.717) is 5.69 Å². The van der Waals surface area contributed by atoms with Crippen LogP contribution in [0.25, 0.3) is 0 Å². The summed E-state index contributed by atoms with van der Waals surface area (Å²) in [5.41, 5.74) is -0.102. The Bertz CT molecular complexity index is 1000. The van der Waals surface area contributed by atoms with E-state index < -0.39 is 23.6 Å². The molecule has 1 heterocycles. The third kappa shape index (κ3) is 4.73. The standard InChI is InChI=1S/C20H14F3N3O2/c21-20(22,23)14-6-4-8-16(12-14)25-18(27)13-5-3-7-15(11-13)26-19(28)17-9-1-2-10-24-17/h1-12H,(H,25,27)(H,26,28). The van der Waals surface area contributed by atoms with Gasteiger partial charge in [0.1, 0.15) is 5.69 Å². The highest BCUT2D eigenvalue weighted by Gasteiger charge is 2.30. The Kier molecular flexibility index (Phi) is 5.39. The first kappa shape index (κ1) is 19.1. The van der Waals surface area contributed by atoms with E-state index >= 15 is 0 Å². The molecule has 8 heteroatoms. The van der Waals surface area contributed by atoms with Crippen molar-refractivity contribution in [1.29, 1.82) is 0 Å². The fraction of sp³-hybridized carbons (Fsp3) is 0.0500. The predicted molar refractivity (Wildman–Crippen MR) is 98.0 cm³/mol. The third-order valence-corrected chi connectivity index (χ3v) is 3.73. The van der Waals surface area contributed by atoms with Crippen LogP contribution in [0, 0.1) is 0 Å². The van der Waals surface area contributed by atoms with Crippen molar-refractivity contribution in [2.75, 3.05) is 10.6 Å². The average Bonchev–Trinajstić information content (AvgIpc) is 2.68. The molecule has 2 N–H and O–H groups in total. The second-order valence-electron chi connectivity index (χ2n) is 5.78. The SMILES string of the molecule is O=C(Nc1cccc(C(F)(F)F)c1)c1cccc(NC(=O)c2ccccn2)c1. The zero-order valence-electron chi connectivity index (χ0n) is 14.3. The highest BCUT2D eigenvalue weighted by Crippen LogP contribution is 2.30. The van der Waals surface area contributed by atoms with Crippen molar-refractivity contribution < 1.29 is 22.8 Å². The molecule has 2 aromatic carbocycles.